The van der Waals surface area contributed by atoms with E-state index in [2.05, 4.69) is 9.55 Å². The topological polar surface area (TPSA) is 43.8 Å². The lowest BCUT2D eigenvalue weighted by Gasteiger charge is -2.17. The third-order valence-electron chi connectivity index (χ3n) is 2.44. The zero-order valence-corrected chi connectivity index (χ0v) is 7.45. The molecule has 0 bridgehead atoms. The first-order chi connectivity index (χ1) is 5.79. The molecular weight excluding hydrogens is 150 g/mol. The van der Waals surface area contributed by atoms with Gasteiger partial charge in [-0.2, -0.15) is 0 Å². The van der Waals surface area contributed by atoms with E-state index in [9.17, 15) is 0 Å². The number of imidazole rings is 1. The molecule has 1 atom stereocenters. The summed E-state index contributed by atoms with van der Waals surface area (Å²) >= 11 is 0. The second-order valence-corrected chi connectivity index (χ2v) is 3.51. The highest BCUT2D eigenvalue weighted by atomic mass is 15.1. The van der Waals surface area contributed by atoms with Crippen LogP contribution in [0.25, 0.3) is 0 Å². The van der Waals surface area contributed by atoms with Gasteiger partial charge in [-0.3, -0.25) is 0 Å². The third-order valence-corrected chi connectivity index (χ3v) is 2.44. The highest BCUT2D eigenvalue weighted by Gasteiger charge is 2.15. The molecule has 0 radical (unpaired) electrons. The van der Waals surface area contributed by atoms with Crippen LogP contribution < -0.4 is 5.73 Å². The maximum Gasteiger partial charge on any atom is 0.125 e. The highest BCUT2D eigenvalue weighted by molar-refractivity contribution is 5.09. The van der Waals surface area contributed by atoms with Crippen molar-refractivity contribution in [2.45, 2.75) is 38.8 Å². The first-order valence-electron chi connectivity index (χ1n) is 4.59. The normalized spacial score (nSPS) is 18.8. The van der Waals surface area contributed by atoms with Crippen molar-refractivity contribution in [1.82, 2.24) is 9.55 Å². The van der Waals surface area contributed by atoms with Crippen LogP contribution >= 0.6 is 0 Å². The smallest absolute Gasteiger partial charge is 0.125 e. The van der Waals surface area contributed by atoms with Crippen molar-refractivity contribution in [3.8, 4) is 0 Å². The number of hydrogen-bond acceptors (Lipinski definition) is 2. The van der Waals surface area contributed by atoms with Crippen LogP contribution in [0.1, 0.15) is 37.3 Å². The summed E-state index contributed by atoms with van der Waals surface area (Å²) in [4.78, 5) is 4.34. The summed E-state index contributed by atoms with van der Waals surface area (Å²) in [6, 6.07) is 0.0665. The lowest BCUT2D eigenvalue weighted by Crippen LogP contribution is -2.17. The molecule has 1 aliphatic heterocycles. The molecule has 12 heavy (non-hydrogen) atoms. The minimum absolute atomic E-state index is 0.0665. The Kier molecular flexibility index (Phi) is 1.89. The Labute approximate surface area is 72.6 Å². The Morgan fingerprint density at radius 2 is 2.42 bits per heavy atom. The molecule has 0 aliphatic carbocycles. The van der Waals surface area contributed by atoms with E-state index < -0.39 is 0 Å². The van der Waals surface area contributed by atoms with Gasteiger partial charge in [0.1, 0.15) is 5.82 Å². The van der Waals surface area contributed by atoms with E-state index in [4.69, 9.17) is 5.73 Å². The number of aromatic nitrogens is 2. The van der Waals surface area contributed by atoms with Gasteiger partial charge in [0.15, 0.2) is 0 Å². The van der Waals surface area contributed by atoms with Crippen molar-refractivity contribution < 1.29 is 0 Å². The van der Waals surface area contributed by atoms with Crippen molar-refractivity contribution in [2.75, 3.05) is 0 Å². The van der Waals surface area contributed by atoms with E-state index >= 15 is 0 Å². The summed E-state index contributed by atoms with van der Waals surface area (Å²) in [5.41, 5.74) is 7.15. The van der Waals surface area contributed by atoms with Crippen LogP contribution in [0.4, 0.5) is 0 Å². The lowest BCUT2D eigenvalue weighted by atomic mass is 10.1. The zero-order valence-electron chi connectivity index (χ0n) is 7.45. The van der Waals surface area contributed by atoms with Gasteiger partial charge in [0.05, 0.1) is 6.04 Å². The summed E-state index contributed by atoms with van der Waals surface area (Å²) in [5, 5.41) is 0. The fourth-order valence-corrected chi connectivity index (χ4v) is 1.82. The zero-order chi connectivity index (χ0) is 8.55. The fourth-order valence-electron chi connectivity index (χ4n) is 1.82. The van der Waals surface area contributed by atoms with Gasteiger partial charge in [-0.25, -0.2) is 4.98 Å². The van der Waals surface area contributed by atoms with E-state index in [1.165, 1.54) is 25.0 Å². The van der Waals surface area contributed by atoms with E-state index in [-0.39, 0.29) is 6.04 Å². The Bertz CT molecular complexity index is 275. The van der Waals surface area contributed by atoms with Crippen LogP contribution in [0.3, 0.4) is 0 Å². The number of nitrogens with zero attached hydrogens (tertiary/aromatic N) is 2. The Hall–Kier alpha value is -0.830. The highest BCUT2D eigenvalue weighted by Crippen LogP contribution is 2.19. The van der Waals surface area contributed by atoms with Crippen LogP contribution in [0.15, 0.2) is 6.20 Å². The first kappa shape index (κ1) is 7.80. The molecule has 3 heteroatoms. The maximum atomic E-state index is 5.80. The summed E-state index contributed by atoms with van der Waals surface area (Å²) in [6.45, 7) is 3.09. The molecule has 0 aromatic carbocycles. The Morgan fingerprint density at radius 3 is 3.17 bits per heavy atom. The summed E-state index contributed by atoms with van der Waals surface area (Å²) < 4.78 is 2.27. The maximum absolute atomic E-state index is 5.80. The average molecular weight is 165 g/mol. The molecular formula is C9H15N3. The quantitative estimate of drug-likeness (QED) is 0.680. The van der Waals surface area contributed by atoms with Crippen LogP contribution in [0, 0.1) is 0 Å². The SMILES string of the molecule is CC(N)c1ncc2n1CCCC2. The molecule has 1 unspecified atom stereocenters. The van der Waals surface area contributed by atoms with Crippen molar-refractivity contribution >= 4 is 0 Å². The number of hydrogen-bond donors (Lipinski definition) is 1. The van der Waals surface area contributed by atoms with Crippen molar-refractivity contribution in [1.29, 1.82) is 0 Å². The standard InChI is InChI=1S/C9H15N3/c1-7(10)9-11-6-8-4-2-3-5-12(8)9/h6-7H,2-5,10H2,1H3. The fraction of sp³-hybridized carbons (Fsp3) is 0.667. The predicted octanol–water partition coefficient (Wildman–Crippen LogP) is 1.24. The predicted molar refractivity (Wildman–Crippen MR) is 47.8 cm³/mol. The van der Waals surface area contributed by atoms with Gasteiger partial charge in [-0.05, 0) is 26.2 Å². The molecule has 3 nitrogen and oxygen atoms in total. The van der Waals surface area contributed by atoms with Gasteiger partial charge in [0, 0.05) is 18.4 Å². The van der Waals surface area contributed by atoms with E-state index in [1.807, 2.05) is 13.1 Å². The lowest BCUT2D eigenvalue weighted by molar-refractivity contribution is 0.501. The second-order valence-electron chi connectivity index (χ2n) is 3.51. The van der Waals surface area contributed by atoms with Gasteiger partial charge < -0.3 is 10.3 Å². The number of rotatable bonds is 1. The average Bonchev–Trinajstić information content (AvgIpc) is 2.47. The minimum atomic E-state index is 0.0665. The molecule has 0 saturated carbocycles. The van der Waals surface area contributed by atoms with E-state index in [1.54, 1.807) is 0 Å². The Balaban J connectivity index is 2.38. The largest absolute Gasteiger partial charge is 0.331 e. The van der Waals surface area contributed by atoms with Crippen LogP contribution in [0.2, 0.25) is 0 Å². The molecule has 0 amide bonds. The second kappa shape index (κ2) is 2.90. The van der Waals surface area contributed by atoms with E-state index in [0.29, 0.717) is 0 Å². The molecule has 1 aromatic rings. The number of nitrogens with two attached hydrogens (primary N) is 1. The van der Waals surface area contributed by atoms with Crippen molar-refractivity contribution in [2.24, 2.45) is 5.73 Å². The molecule has 2 N–H and O–H groups in total. The van der Waals surface area contributed by atoms with Gasteiger partial charge in [-0.1, -0.05) is 0 Å². The monoisotopic (exact) mass is 165 g/mol. The molecule has 66 valence electrons. The van der Waals surface area contributed by atoms with Crippen LogP contribution in [-0.4, -0.2) is 9.55 Å². The van der Waals surface area contributed by atoms with Crippen LogP contribution in [-0.2, 0) is 13.0 Å². The minimum Gasteiger partial charge on any atom is -0.331 e. The van der Waals surface area contributed by atoms with Gasteiger partial charge in [0.2, 0.25) is 0 Å². The number of aryl methyl sites for hydroxylation is 1. The number of fused-ring (bicyclic) bond motifs is 1. The summed E-state index contributed by atoms with van der Waals surface area (Å²) in [5.74, 6) is 1.05. The van der Waals surface area contributed by atoms with Crippen molar-refractivity contribution in [3.63, 3.8) is 0 Å². The molecule has 1 aromatic heterocycles. The third kappa shape index (κ3) is 1.14. The molecule has 1 aliphatic rings. The summed E-state index contributed by atoms with van der Waals surface area (Å²) in [6.07, 6.45) is 5.70. The summed E-state index contributed by atoms with van der Waals surface area (Å²) in [7, 11) is 0. The van der Waals surface area contributed by atoms with Crippen LogP contribution in [0.5, 0.6) is 0 Å². The van der Waals surface area contributed by atoms with Gasteiger partial charge >= 0.3 is 0 Å². The molecule has 2 heterocycles. The van der Waals surface area contributed by atoms with Crippen molar-refractivity contribution in [3.05, 3.63) is 17.7 Å². The van der Waals surface area contributed by atoms with Gasteiger partial charge in [-0.15, -0.1) is 0 Å². The Morgan fingerprint density at radius 1 is 1.58 bits per heavy atom. The molecule has 0 spiro atoms. The molecule has 0 saturated heterocycles. The molecule has 2 rings (SSSR count). The van der Waals surface area contributed by atoms with Gasteiger partial charge in [0.25, 0.3) is 0 Å². The van der Waals surface area contributed by atoms with E-state index in [0.717, 1.165) is 12.4 Å². The first-order valence-corrected chi connectivity index (χ1v) is 4.59. The molecule has 0 fully saturated rings.